The molecule has 0 spiro atoms. The third kappa shape index (κ3) is 6.24. The van der Waals surface area contributed by atoms with Crippen LogP contribution in [0.5, 0.6) is 0 Å². The Morgan fingerprint density at radius 1 is 1.57 bits per heavy atom. The van der Waals surface area contributed by atoms with Crippen molar-refractivity contribution in [2.75, 3.05) is 12.8 Å². The molecule has 0 aromatic carbocycles. The maximum absolute atomic E-state index is 11.4. The second-order valence-electron chi connectivity index (χ2n) is 6.71. The summed E-state index contributed by atoms with van der Waals surface area (Å²) < 4.78 is 5.64. The topological polar surface area (TPSA) is 46.5 Å². The number of aldehydes is 1. The molecule has 3 nitrogen and oxygen atoms in total. The second-order valence-corrected chi connectivity index (χ2v) is 7.12. The molecular weight excluding hydrogens is 307 g/mol. The fourth-order valence-electron chi connectivity index (χ4n) is 2.83. The molecule has 0 saturated heterocycles. The van der Waals surface area contributed by atoms with E-state index in [0.717, 1.165) is 25.0 Å². The molecule has 0 fully saturated rings. The van der Waals surface area contributed by atoms with Crippen molar-refractivity contribution in [2.45, 2.75) is 58.5 Å². The smallest absolute Gasteiger partial charge is 0.155 e. The predicted octanol–water partition coefficient (Wildman–Crippen LogP) is 4.18. The van der Waals surface area contributed by atoms with Gasteiger partial charge in [-0.2, -0.15) is 0 Å². The van der Waals surface area contributed by atoms with E-state index in [1.165, 1.54) is 12.0 Å². The predicted molar refractivity (Wildman–Crippen MR) is 99.4 cm³/mol. The van der Waals surface area contributed by atoms with E-state index in [0.29, 0.717) is 18.9 Å². The quantitative estimate of drug-likeness (QED) is 0.225. The molecule has 0 bridgehead atoms. The van der Waals surface area contributed by atoms with E-state index >= 15 is 0 Å². The van der Waals surface area contributed by atoms with Gasteiger partial charge in [0, 0.05) is 6.16 Å². The average Bonchev–Trinajstić information content (AvgIpc) is 2.56. The lowest BCUT2D eigenvalue weighted by Crippen LogP contribution is -2.38. The Hall–Kier alpha value is -0.920. The van der Waals surface area contributed by atoms with E-state index in [4.69, 9.17) is 4.74 Å². The molecule has 0 saturated carbocycles. The number of allylic oxidation sites excluding steroid dienone is 6. The number of carbonyl (C=O) groups excluding carboxylic acids is 1. The van der Waals surface area contributed by atoms with E-state index < -0.39 is 5.60 Å². The van der Waals surface area contributed by atoms with Gasteiger partial charge in [0.15, 0.2) is 11.9 Å². The monoisotopic (exact) mass is 338 g/mol. The van der Waals surface area contributed by atoms with Gasteiger partial charge in [-0.15, -0.1) is 9.24 Å². The summed E-state index contributed by atoms with van der Waals surface area (Å²) in [6.07, 6.45) is 13.9. The van der Waals surface area contributed by atoms with Gasteiger partial charge in [0.1, 0.15) is 6.61 Å². The molecule has 1 unspecified atom stereocenters. The van der Waals surface area contributed by atoms with Gasteiger partial charge in [0.05, 0.1) is 5.76 Å². The van der Waals surface area contributed by atoms with Crippen LogP contribution in [0, 0.1) is 5.41 Å². The first-order valence-corrected chi connectivity index (χ1v) is 9.21. The molecule has 0 radical (unpaired) electrons. The number of ether oxygens (including phenoxy) is 1. The molecule has 0 aliphatic heterocycles. The highest BCUT2D eigenvalue weighted by Gasteiger charge is 2.34. The second kappa shape index (κ2) is 9.39. The van der Waals surface area contributed by atoms with Gasteiger partial charge in [0.25, 0.3) is 0 Å². The first-order chi connectivity index (χ1) is 10.9. The fourth-order valence-corrected chi connectivity index (χ4v) is 3.08. The largest absolute Gasteiger partial charge is 0.494 e. The van der Waals surface area contributed by atoms with E-state index in [2.05, 4.69) is 29.2 Å². The normalized spacial score (nSPS) is 25.1. The summed E-state index contributed by atoms with van der Waals surface area (Å²) in [4.78, 5) is 11.4. The third-order valence-corrected chi connectivity index (χ3v) is 5.25. The first kappa shape index (κ1) is 20.1. The third-order valence-electron chi connectivity index (χ3n) is 4.85. The Balaban J connectivity index is 2.65. The molecule has 0 aromatic rings. The van der Waals surface area contributed by atoms with E-state index in [9.17, 15) is 9.90 Å². The van der Waals surface area contributed by atoms with Crippen LogP contribution in [0.4, 0.5) is 0 Å². The Morgan fingerprint density at radius 2 is 2.30 bits per heavy atom. The van der Waals surface area contributed by atoms with Gasteiger partial charge in [-0.05, 0) is 57.4 Å². The molecule has 1 aliphatic carbocycles. The van der Waals surface area contributed by atoms with Crippen molar-refractivity contribution in [3.8, 4) is 0 Å². The summed E-state index contributed by atoms with van der Waals surface area (Å²) >= 11 is 0. The molecular formula is C19H31O3P. The minimum Gasteiger partial charge on any atom is -0.494 e. The van der Waals surface area contributed by atoms with Gasteiger partial charge in [-0.1, -0.05) is 30.7 Å². The van der Waals surface area contributed by atoms with Gasteiger partial charge in [0.2, 0.25) is 0 Å². The summed E-state index contributed by atoms with van der Waals surface area (Å²) in [5.74, 6) is 0.744. The molecule has 130 valence electrons. The summed E-state index contributed by atoms with van der Waals surface area (Å²) in [7, 11) is 2.60. The van der Waals surface area contributed by atoms with Crippen LogP contribution in [0.25, 0.3) is 0 Å². The van der Waals surface area contributed by atoms with Crippen LogP contribution < -0.4 is 0 Å². The average molecular weight is 338 g/mol. The molecule has 0 amide bonds. The van der Waals surface area contributed by atoms with E-state index in [-0.39, 0.29) is 12.0 Å². The van der Waals surface area contributed by atoms with E-state index in [1.807, 2.05) is 25.2 Å². The lowest BCUT2D eigenvalue weighted by Gasteiger charge is -2.36. The fraction of sp³-hybridized carbons (Fsp3) is 0.632. The zero-order valence-corrected chi connectivity index (χ0v) is 15.8. The number of rotatable bonds is 9. The zero-order valence-electron chi connectivity index (χ0n) is 14.7. The minimum atomic E-state index is -1.42. The van der Waals surface area contributed by atoms with Crippen molar-refractivity contribution in [1.29, 1.82) is 0 Å². The van der Waals surface area contributed by atoms with Gasteiger partial charge in [-0.3, -0.25) is 4.79 Å². The molecule has 1 rings (SSSR count). The summed E-state index contributed by atoms with van der Waals surface area (Å²) in [5, 5.41) is 10.6. The summed E-state index contributed by atoms with van der Waals surface area (Å²) in [6, 6.07) is 0. The highest BCUT2D eigenvalue weighted by atomic mass is 31.0. The number of hydrogen-bond donors (Lipinski definition) is 1. The summed E-state index contributed by atoms with van der Waals surface area (Å²) in [6.45, 7) is 6.32. The molecule has 4 heteroatoms. The number of hydrogen-bond acceptors (Lipinski definition) is 3. The van der Waals surface area contributed by atoms with Crippen LogP contribution in [0.15, 0.2) is 35.6 Å². The first-order valence-electron chi connectivity index (χ1n) is 8.40. The minimum absolute atomic E-state index is 0.00707. The molecule has 1 N–H and O–H groups in total. The lowest BCUT2D eigenvalue weighted by molar-refractivity contribution is -0.130. The van der Waals surface area contributed by atoms with Crippen LogP contribution in [0.1, 0.15) is 52.9 Å². The van der Waals surface area contributed by atoms with Crippen LogP contribution in [-0.2, 0) is 9.53 Å². The SMILES string of the molecule is C/C=C/C=C(\CP)OC[C@](O)(C=O)CC[C@@]1(C)CCCC=C1C. The molecule has 23 heavy (non-hydrogen) atoms. The summed E-state index contributed by atoms with van der Waals surface area (Å²) in [5.41, 5.74) is 0.0336. The Kier molecular flexibility index (Phi) is 8.22. The van der Waals surface area contributed by atoms with Crippen LogP contribution >= 0.6 is 9.24 Å². The molecule has 3 atom stereocenters. The maximum atomic E-state index is 11.4. The molecule has 0 aromatic heterocycles. The highest BCUT2D eigenvalue weighted by molar-refractivity contribution is 7.16. The van der Waals surface area contributed by atoms with E-state index in [1.54, 1.807) is 0 Å². The van der Waals surface area contributed by atoms with Crippen molar-refractivity contribution >= 4 is 15.5 Å². The Bertz CT molecular complexity index is 481. The lowest BCUT2D eigenvalue weighted by atomic mass is 9.70. The Labute approximate surface area is 143 Å². The Morgan fingerprint density at radius 3 is 2.87 bits per heavy atom. The van der Waals surface area contributed by atoms with Crippen LogP contribution in [-0.4, -0.2) is 29.8 Å². The number of aliphatic hydroxyl groups is 1. The van der Waals surface area contributed by atoms with Crippen LogP contribution in [0.3, 0.4) is 0 Å². The zero-order chi connectivity index (χ0) is 17.3. The standard InChI is InChI=1S/C19H31O3P/c1-4-5-9-17(13-23)22-15-19(21,14-20)12-11-18(3)10-7-6-8-16(18)2/h4-5,8-9,14,21H,6-7,10-13,15,23H2,1-3H3/b5-4+,17-9+/t18-,19-/m1/s1. The van der Waals surface area contributed by atoms with Crippen molar-refractivity contribution in [3.63, 3.8) is 0 Å². The van der Waals surface area contributed by atoms with Gasteiger partial charge >= 0.3 is 0 Å². The van der Waals surface area contributed by atoms with Gasteiger partial charge in [-0.25, -0.2) is 0 Å². The van der Waals surface area contributed by atoms with Crippen molar-refractivity contribution < 1.29 is 14.6 Å². The van der Waals surface area contributed by atoms with Crippen LogP contribution in [0.2, 0.25) is 0 Å². The van der Waals surface area contributed by atoms with Crippen molar-refractivity contribution in [2.24, 2.45) is 5.41 Å². The van der Waals surface area contributed by atoms with Crippen molar-refractivity contribution in [1.82, 2.24) is 0 Å². The maximum Gasteiger partial charge on any atom is 0.155 e. The van der Waals surface area contributed by atoms with Gasteiger partial charge < -0.3 is 9.84 Å². The highest BCUT2D eigenvalue weighted by Crippen LogP contribution is 2.41. The van der Waals surface area contributed by atoms with Crippen molar-refractivity contribution in [3.05, 3.63) is 35.6 Å². The number of carbonyl (C=O) groups is 1. The molecule has 1 aliphatic rings. The molecule has 0 heterocycles.